The summed E-state index contributed by atoms with van der Waals surface area (Å²) in [5, 5.41) is -5.20. The van der Waals surface area contributed by atoms with Crippen molar-refractivity contribution in [1.29, 1.82) is 0 Å². The first kappa shape index (κ1) is 19.5. The molecule has 0 aliphatic carbocycles. The van der Waals surface area contributed by atoms with Gasteiger partial charge < -0.3 is 14.0 Å². The SMILES string of the molecule is O=C(OCCOC(=O)C(F)(F)S(=O)(=O)[O-])C(Br)c1ccccc1. The van der Waals surface area contributed by atoms with Crippen LogP contribution in [0.2, 0.25) is 0 Å². The molecule has 0 radical (unpaired) electrons. The number of carbonyl (C=O) groups excluding carboxylic acids is 2. The second kappa shape index (κ2) is 7.79. The van der Waals surface area contributed by atoms with E-state index >= 15 is 0 Å². The lowest BCUT2D eigenvalue weighted by molar-refractivity contribution is -0.165. The Morgan fingerprint density at radius 1 is 1.17 bits per heavy atom. The fourth-order valence-electron chi connectivity index (χ4n) is 1.29. The van der Waals surface area contributed by atoms with Gasteiger partial charge in [0.15, 0.2) is 10.1 Å². The maximum atomic E-state index is 12.8. The van der Waals surface area contributed by atoms with E-state index in [1.165, 1.54) is 0 Å². The van der Waals surface area contributed by atoms with Gasteiger partial charge in [-0.15, -0.1) is 0 Å². The summed E-state index contributed by atoms with van der Waals surface area (Å²) < 4.78 is 64.7. The van der Waals surface area contributed by atoms with E-state index in [4.69, 9.17) is 0 Å². The maximum absolute atomic E-state index is 12.8. The summed E-state index contributed by atoms with van der Waals surface area (Å²) in [4.78, 5) is 21.6. The van der Waals surface area contributed by atoms with Crippen LogP contribution in [-0.4, -0.2) is 43.4 Å². The Hall–Kier alpha value is -1.59. The topological polar surface area (TPSA) is 110 Å². The largest absolute Gasteiger partial charge is 0.743 e. The Labute approximate surface area is 138 Å². The van der Waals surface area contributed by atoms with Crippen molar-refractivity contribution in [3.8, 4) is 0 Å². The van der Waals surface area contributed by atoms with Gasteiger partial charge in [-0.25, -0.2) is 13.2 Å². The highest BCUT2D eigenvalue weighted by Crippen LogP contribution is 2.24. The highest BCUT2D eigenvalue weighted by atomic mass is 79.9. The van der Waals surface area contributed by atoms with E-state index in [1.807, 2.05) is 0 Å². The van der Waals surface area contributed by atoms with Gasteiger partial charge in [0.1, 0.15) is 18.0 Å². The fraction of sp³-hybridized carbons (Fsp3) is 0.333. The molecule has 11 heteroatoms. The van der Waals surface area contributed by atoms with Crippen LogP contribution in [0, 0.1) is 0 Å². The molecule has 0 N–H and O–H groups in total. The summed E-state index contributed by atoms with van der Waals surface area (Å²) in [7, 11) is -6.18. The minimum Gasteiger partial charge on any atom is -0.743 e. The molecule has 0 aromatic heterocycles. The average Bonchev–Trinajstić information content (AvgIpc) is 2.50. The summed E-state index contributed by atoms with van der Waals surface area (Å²) in [6, 6.07) is 8.38. The van der Waals surface area contributed by atoms with Crippen molar-refractivity contribution in [2.24, 2.45) is 0 Å². The average molecular weight is 416 g/mol. The van der Waals surface area contributed by atoms with Crippen LogP contribution in [0.15, 0.2) is 30.3 Å². The Balaban J connectivity index is 2.43. The van der Waals surface area contributed by atoms with Crippen LogP contribution in [0.25, 0.3) is 0 Å². The van der Waals surface area contributed by atoms with Crippen LogP contribution in [0.5, 0.6) is 0 Å². The molecule has 0 saturated carbocycles. The van der Waals surface area contributed by atoms with Gasteiger partial charge in [-0.1, -0.05) is 46.3 Å². The predicted octanol–water partition coefficient (Wildman–Crippen LogP) is 1.35. The van der Waals surface area contributed by atoms with E-state index in [9.17, 15) is 31.3 Å². The van der Waals surface area contributed by atoms with Crippen LogP contribution in [0.4, 0.5) is 8.78 Å². The molecule has 1 unspecified atom stereocenters. The second-order valence-corrected chi connectivity index (χ2v) is 6.38. The van der Waals surface area contributed by atoms with Crippen molar-refractivity contribution in [2.75, 3.05) is 13.2 Å². The number of rotatable bonds is 7. The van der Waals surface area contributed by atoms with Gasteiger partial charge in [-0.3, -0.25) is 4.79 Å². The summed E-state index contributed by atoms with van der Waals surface area (Å²) in [5.74, 6) is -3.29. The summed E-state index contributed by atoms with van der Waals surface area (Å²) in [5.41, 5.74) is 0.582. The summed E-state index contributed by atoms with van der Waals surface area (Å²) in [6.45, 7) is -1.42. The van der Waals surface area contributed by atoms with Gasteiger partial charge in [0.25, 0.3) is 0 Å². The van der Waals surface area contributed by atoms with E-state index in [0.717, 1.165) is 0 Å². The normalized spacial score (nSPS) is 13.2. The molecule has 0 aliphatic heterocycles. The van der Waals surface area contributed by atoms with Crippen LogP contribution in [-0.2, 0) is 29.2 Å². The predicted molar refractivity (Wildman–Crippen MR) is 74.7 cm³/mol. The molecule has 0 fully saturated rings. The quantitative estimate of drug-likeness (QED) is 0.286. The molecule has 0 amide bonds. The minimum absolute atomic E-state index is 0.582. The van der Waals surface area contributed by atoms with Crippen molar-refractivity contribution in [3.63, 3.8) is 0 Å². The van der Waals surface area contributed by atoms with E-state index < -0.39 is 45.4 Å². The fourth-order valence-corrected chi connectivity index (χ4v) is 1.99. The van der Waals surface area contributed by atoms with E-state index in [2.05, 4.69) is 25.4 Å². The lowest BCUT2D eigenvalue weighted by atomic mass is 10.1. The Bertz CT molecular complexity index is 663. The summed E-state index contributed by atoms with van der Waals surface area (Å²) in [6.07, 6.45) is 0. The first-order chi connectivity index (χ1) is 10.6. The Morgan fingerprint density at radius 2 is 1.70 bits per heavy atom. The number of carbonyl (C=O) groups is 2. The highest BCUT2D eigenvalue weighted by molar-refractivity contribution is 9.09. The number of hydrogen-bond donors (Lipinski definition) is 0. The van der Waals surface area contributed by atoms with Crippen molar-refractivity contribution in [2.45, 2.75) is 10.1 Å². The second-order valence-electron chi connectivity index (χ2n) is 4.05. The number of benzene rings is 1. The van der Waals surface area contributed by atoms with Gasteiger partial charge >= 0.3 is 17.2 Å². The zero-order chi connectivity index (χ0) is 17.7. The Morgan fingerprint density at radius 3 is 2.22 bits per heavy atom. The molecule has 7 nitrogen and oxygen atoms in total. The van der Waals surface area contributed by atoms with Crippen molar-refractivity contribution in [1.82, 2.24) is 0 Å². The number of ether oxygens (including phenoxy) is 2. The molecular formula is C12H10BrF2O7S-. The third-order valence-electron chi connectivity index (χ3n) is 2.41. The standard InChI is InChI=1S/C12H11BrF2O7S/c13-9(8-4-2-1-3-5-8)10(16)21-6-7-22-11(17)12(14,15)23(18,19)20/h1-5,9H,6-7H2,(H,18,19,20)/p-1. The molecule has 1 atom stereocenters. The number of alkyl halides is 3. The lowest BCUT2D eigenvalue weighted by Crippen LogP contribution is -2.39. The van der Waals surface area contributed by atoms with Crippen LogP contribution >= 0.6 is 15.9 Å². The molecule has 0 aliphatic rings. The third-order valence-corrected chi connectivity index (χ3v) is 4.11. The number of halogens is 3. The van der Waals surface area contributed by atoms with Crippen molar-refractivity contribution in [3.05, 3.63) is 35.9 Å². The van der Waals surface area contributed by atoms with Gasteiger partial charge in [0, 0.05) is 0 Å². The number of hydrogen-bond acceptors (Lipinski definition) is 7. The van der Waals surface area contributed by atoms with Crippen molar-refractivity contribution < 1.29 is 40.8 Å². The lowest BCUT2D eigenvalue weighted by Gasteiger charge is -2.18. The zero-order valence-corrected chi connectivity index (χ0v) is 13.7. The molecule has 0 saturated heterocycles. The third kappa shape index (κ3) is 5.22. The van der Waals surface area contributed by atoms with E-state index in [-0.39, 0.29) is 0 Å². The molecule has 1 aromatic rings. The first-order valence-corrected chi connectivity index (χ1v) is 8.26. The van der Waals surface area contributed by atoms with Crippen LogP contribution < -0.4 is 0 Å². The maximum Gasteiger partial charge on any atom is 0.428 e. The van der Waals surface area contributed by atoms with Crippen molar-refractivity contribution >= 4 is 38.0 Å². The number of esters is 2. The Kier molecular flexibility index (Phi) is 6.59. The molecule has 0 spiro atoms. The molecule has 23 heavy (non-hydrogen) atoms. The molecule has 1 rings (SSSR count). The van der Waals surface area contributed by atoms with E-state index in [0.29, 0.717) is 5.56 Å². The zero-order valence-electron chi connectivity index (χ0n) is 11.3. The smallest absolute Gasteiger partial charge is 0.428 e. The minimum atomic E-state index is -6.18. The molecule has 0 heterocycles. The summed E-state index contributed by atoms with van der Waals surface area (Å²) >= 11 is 3.07. The molecule has 0 bridgehead atoms. The van der Waals surface area contributed by atoms with Gasteiger partial charge in [0.05, 0.1) is 0 Å². The first-order valence-electron chi connectivity index (χ1n) is 5.93. The molecular weight excluding hydrogens is 406 g/mol. The molecule has 1 aromatic carbocycles. The van der Waals surface area contributed by atoms with Crippen LogP contribution in [0.3, 0.4) is 0 Å². The van der Waals surface area contributed by atoms with E-state index in [1.54, 1.807) is 30.3 Å². The van der Waals surface area contributed by atoms with Gasteiger partial charge in [-0.2, -0.15) is 8.78 Å². The molecule has 128 valence electrons. The van der Waals surface area contributed by atoms with Gasteiger partial charge in [0.2, 0.25) is 0 Å². The monoisotopic (exact) mass is 415 g/mol. The highest BCUT2D eigenvalue weighted by Gasteiger charge is 2.48. The van der Waals surface area contributed by atoms with Crippen LogP contribution in [0.1, 0.15) is 10.4 Å². The van der Waals surface area contributed by atoms with Gasteiger partial charge in [-0.05, 0) is 5.56 Å².